The molecule has 0 spiro atoms. The van der Waals surface area contributed by atoms with Crippen molar-refractivity contribution in [1.82, 2.24) is 9.91 Å². The summed E-state index contributed by atoms with van der Waals surface area (Å²) < 4.78 is 5.27. The highest BCUT2D eigenvalue weighted by Gasteiger charge is 2.35. The van der Waals surface area contributed by atoms with Crippen LogP contribution in [-0.4, -0.2) is 48.3 Å². The molecule has 0 saturated carbocycles. The van der Waals surface area contributed by atoms with Crippen molar-refractivity contribution in [2.24, 2.45) is 5.10 Å². The van der Waals surface area contributed by atoms with Crippen LogP contribution in [0, 0.1) is 0 Å². The number of rotatable bonds is 6. The van der Waals surface area contributed by atoms with Crippen molar-refractivity contribution in [3.05, 3.63) is 81.5 Å². The van der Waals surface area contributed by atoms with Crippen LogP contribution in [0.25, 0.3) is 0 Å². The summed E-state index contributed by atoms with van der Waals surface area (Å²) in [5.74, 6) is 0.234. The molecule has 1 aliphatic heterocycles. The molecule has 4 rings (SSSR count). The molecule has 9 heteroatoms. The number of ether oxygens (including phenoxy) is 1. The van der Waals surface area contributed by atoms with E-state index < -0.39 is 6.03 Å². The summed E-state index contributed by atoms with van der Waals surface area (Å²) in [6.45, 7) is -0.150. The highest BCUT2D eigenvalue weighted by atomic mass is 35.5. The molecular weight excluding hydrogens is 460 g/mol. The summed E-state index contributed by atoms with van der Waals surface area (Å²) >= 11 is 8.02. The van der Waals surface area contributed by atoms with Crippen LogP contribution in [0.2, 0.25) is 5.02 Å². The molecule has 1 N–H and O–H groups in total. The van der Waals surface area contributed by atoms with Crippen LogP contribution in [0.5, 0.6) is 5.75 Å². The van der Waals surface area contributed by atoms with Crippen LogP contribution in [0.3, 0.4) is 0 Å². The molecule has 7 nitrogen and oxygen atoms in total. The maximum Gasteiger partial charge on any atom is 0.322 e. The Hall–Kier alpha value is -3.36. The summed E-state index contributed by atoms with van der Waals surface area (Å²) in [7, 11) is 3.09. The topological polar surface area (TPSA) is 74.2 Å². The van der Waals surface area contributed by atoms with E-state index in [4.69, 9.17) is 16.3 Å². The van der Waals surface area contributed by atoms with Crippen molar-refractivity contribution < 1.29 is 14.3 Å². The Bertz CT molecular complexity index is 1180. The third kappa shape index (κ3) is 5.02. The molecule has 0 fully saturated rings. The summed E-state index contributed by atoms with van der Waals surface area (Å²) in [5.41, 5.74) is 2.17. The van der Waals surface area contributed by atoms with E-state index in [2.05, 4.69) is 10.4 Å². The lowest BCUT2D eigenvalue weighted by Crippen LogP contribution is -2.41. The highest BCUT2D eigenvalue weighted by molar-refractivity contribution is 7.12. The molecule has 1 atom stereocenters. The number of carbonyl (C=O) groups is 2. The van der Waals surface area contributed by atoms with Crippen LogP contribution in [-0.2, 0) is 4.79 Å². The Balaban J connectivity index is 1.52. The van der Waals surface area contributed by atoms with E-state index in [1.54, 1.807) is 42.6 Å². The zero-order valence-corrected chi connectivity index (χ0v) is 19.8. The molecule has 0 aliphatic carbocycles. The summed E-state index contributed by atoms with van der Waals surface area (Å²) in [6, 6.07) is 17.7. The van der Waals surface area contributed by atoms with Gasteiger partial charge in [0.15, 0.2) is 0 Å². The predicted molar refractivity (Wildman–Crippen MR) is 131 cm³/mol. The quantitative estimate of drug-likeness (QED) is 0.521. The number of thiophene rings is 1. The largest absolute Gasteiger partial charge is 0.495 e. The summed E-state index contributed by atoms with van der Waals surface area (Å²) in [6.07, 6.45) is 0.549. The number of hydrazone groups is 1. The Kier molecular flexibility index (Phi) is 6.96. The number of nitrogens with zero attached hydrogens (tertiary/aromatic N) is 3. The van der Waals surface area contributed by atoms with E-state index in [9.17, 15) is 9.59 Å². The fourth-order valence-electron chi connectivity index (χ4n) is 3.63. The van der Waals surface area contributed by atoms with Crippen molar-refractivity contribution in [2.75, 3.05) is 26.0 Å². The van der Waals surface area contributed by atoms with Gasteiger partial charge in [-0.2, -0.15) is 5.10 Å². The molecular formula is C24H23ClN4O3S. The van der Waals surface area contributed by atoms with Crippen molar-refractivity contribution in [3.63, 3.8) is 0 Å². The summed E-state index contributed by atoms with van der Waals surface area (Å²) in [4.78, 5) is 28.3. The first kappa shape index (κ1) is 22.8. The Morgan fingerprint density at radius 2 is 1.94 bits per heavy atom. The van der Waals surface area contributed by atoms with Gasteiger partial charge in [0.25, 0.3) is 5.91 Å². The Labute approximate surface area is 201 Å². The second kappa shape index (κ2) is 10.1. The monoisotopic (exact) mass is 482 g/mol. The highest BCUT2D eigenvalue weighted by Crippen LogP contribution is 2.37. The number of benzene rings is 2. The number of hydrogen-bond donors (Lipinski definition) is 1. The molecule has 170 valence electrons. The smallest absolute Gasteiger partial charge is 0.322 e. The minimum Gasteiger partial charge on any atom is -0.495 e. The molecule has 1 aliphatic rings. The molecule has 3 amide bonds. The molecule has 0 radical (unpaired) electrons. The Morgan fingerprint density at radius 1 is 1.18 bits per heavy atom. The normalized spacial score (nSPS) is 15.2. The lowest BCUT2D eigenvalue weighted by atomic mass is 10.0. The first-order chi connectivity index (χ1) is 16.0. The van der Waals surface area contributed by atoms with E-state index in [0.717, 1.165) is 16.2 Å². The standard InChI is InChI=1S/C24H23ClN4O3S/c1-28(24(31)26-18-10-5-6-11-21(18)32-2)15-23(30)29-20(16-8-3-4-9-17(16)25)14-19(27-29)22-12-7-13-33-22/h3-13,20H,14-15H2,1-2H3,(H,26,31). The number of para-hydroxylation sites is 2. The van der Waals surface area contributed by atoms with Gasteiger partial charge in [-0.3, -0.25) is 4.79 Å². The minimum absolute atomic E-state index is 0.150. The van der Waals surface area contributed by atoms with Crippen molar-refractivity contribution in [2.45, 2.75) is 12.5 Å². The number of nitrogens with one attached hydrogen (secondary N) is 1. The number of urea groups is 1. The second-order valence-corrected chi connectivity index (χ2v) is 8.85. The van der Waals surface area contributed by atoms with Gasteiger partial charge in [-0.1, -0.05) is 48.0 Å². The predicted octanol–water partition coefficient (Wildman–Crippen LogP) is 5.25. The number of anilines is 1. The molecule has 1 aromatic heterocycles. The maximum absolute atomic E-state index is 13.3. The zero-order valence-electron chi connectivity index (χ0n) is 18.2. The van der Waals surface area contributed by atoms with Gasteiger partial charge in [0.2, 0.25) is 0 Å². The van der Waals surface area contributed by atoms with Gasteiger partial charge in [0, 0.05) is 18.5 Å². The van der Waals surface area contributed by atoms with Gasteiger partial charge in [-0.15, -0.1) is 11.3 Å². The van der Waals surface area contributed by atoms with Crippen molar-refractivity contribution >= 4 is 46.3 Å². The van der Waals surface area contributed by atoms with E-state index >= 15 is 0 Å². The molecule has 1 unspecified atom stereocenters. The van der Waals surface area contributed by atoms with Crippen LogP contribution < -0.4 is 10.1 Å². The van der Waals surface area contributed by atoms with E-state index in [-0.39, 0.29) is 18.5 Å². The number of likely N-dealkylation sites (N-methyl/N-ethyl adjacent to an activating group) is 1. The first-order valence-electron chi connectivity index (χ1n) is 10.3. The molecule has 0 bridgehead atoms. The minimum atomic E-state index is -0.427. The van der Waals surface area contributed by atoms with Gasteiger partial charge in [0.05, 0.1) is 29.4 Å². The van der Waals surface area contributed by atoms with Crippen LogP contribution in [0.4, 0.5) is 10.5 Å². The van der Waals surface area contributed by atoms with Crippen LogP contribution in [0.15, 0.2) is 71.1 Å². The van der Waals surface area contributed by atoms with Gasteiger partial charge in [0.1, 0.15) is 12.3 Å². The molecule has 2 aromatic carbocycles. The lowest BCUT2D eigenvalue weighted by molar-refractivity contribution is -0.133. The number of amides is 3. The van der Waals surface area contributed by atoms with Crippen LogP contribution in [0.1, 0.15) is 22.9 Å². The van der Waals surface area contributed by atoms with Gasteiger partial charge in [-0.05, 0) is 35.2 Å². The van der Waals surface area contributed by atoms with Crippen LogP contribution >= 0.6 is 22.9 Å². The van der Waals surface area contributed by atoms with Gasteiger partial charge in [-0.25, -0.2) is 9.80 Å². The molecule has 33 heavy (non-hydrogen) atoms. The van der Waals surface area contributed by atoms with Gasteiger partial charge >= 0.3 is 6.03 Å². The van der Waals surface area contributed by atoms with Gasteiger partial charge < -0.3 is 15.0 Å². The number of carbonyl (C=O) groups excluding carboxylic acids is 2. The summed E-state index contributed by atoms with van der Waals surface area (Å²) in [5, 5.41) is 11.4. The first-order valence-corrected chi connectivity index (χ1v) is 11.6. The fraction of sp³-hybridized carbons (Fsp3) is 0.208. The third-order valence-electron chi connectivity index (χ3n) is 5.30. The fourth-order valence-corrected chi connectivity index (χ4v) is 4.61. The number of methoxy groups -OCH3 is 1. The Morgan fingerprint density at radius 3 is 2.67 bits per heavy atom. The second-order valence-electron chi connectivity index (χ2n) is 7.49. The number of hydrogen-bond acceptors (Lipinski definition) is 5. The molecule has 0 saturated heterocycles. The average Bonchev–Trinajstić information content (AvgIpc) is 3.50. The van der Waals surface area contributed by atoms with Crippen molar-refractivity contribution in [1.29, 1.82) is 0 Å². The zero-order chi connectivity index (χ0) is 23.4. The molecule has 2 heterocycles. The third-order valence-corrected chi connectivity index (χ3v) is 6.57. The lowest BCUT2D eigenvalue weighted by Gasteiger charge is -2.25. The molecule has 3 aromatic rings. The number of halogens is 1. The van der Waals surface area contributed by atoms with E-state index in [1.807, 2.05) is 41.8 Å². The SMILES string of the molecule is COc1ccccc1NC(=O)N(C)CC(=O)N1N=C(c2cccs2)CC1c1ccccc1Cl. The van der Waals surface area contributed by atoms with Crippen molar-refractivity contribution in [3.8, 4) is 5.75 Å². The maximum atomic E-state index is 13.3. The average molecular weight is 483 g/mol. The van der Waals surface area contributed by atoms with E-state index in [0.29, 0.717) is 22.9 Å². The van der Waals surface area contributed by atoms with E-state index in [1.165, 1.54) is 17.0 Å².